The second-order valence-electron chi connectivity index (χ2n) is 8.21. The van der Waals surface area contributed by atoms with Gasteiger partial charge in [0.2, 0.25) is 5.91 Å². The van der Waals surface area contributed by atoms with Gasteiger partial charge in [0.25, 0.3) is 5.91 Å². The van der Waals surface area contributed by atoms with Gasteiger partial charge in [-0.25, -0.2) is 0 Å². The van der Waals surface area contributed by atoms with Crippen LogP contribution in [0.3, 0.4) is 0 Å². The summed E-state index contributed by atoms with van der Waals surface area (Å²) in [6.07, 6.45) is 5.59. The summed E-state index contributed by atoms with van der Waals surface area (Å²) in [5.74, 6) is -0.172. The van der Waals surface area contributed by atoms with Crippen LogP contribution in [0.5, 0.6) is 0 Å². The van der Waals surface area contributed by atoms with Crippen molar-refractivity contribution in [2.24, 2.45) is 5.92 Å². The van der Waals surface area contributed by atoms with E-state index in [9.17, 15) is 9.59 Å². The van der Waals surface area contributed by atoms with Crippen molar-refractivity contribution in [3.05, 3.63) is 12.0 Å². The van der Waals surface area contributed by atoms with Crippen molar-refractivity contribution < 1.29 is 18.7 Å². The third kappa shape index (κ3) is 4.26. The largest absolute Gasteiger partial charge is 0.432 e. The van der Waals surface area contributed by atoms with Crippen LogP contribution < -0.4 is 5.32 Å². The Balaban J connectivity index is 1.67. The molecule has 7 nitrogen and oxygen atoms in total. The molecule has 0 unspecified atom stereocenters. The molecule has 2 fully saturated rings. The molecule has 1 N–H and O–H groups in total. The normalized spacial score (nSPS) is 22.3. The molecule has 1 aromatic rings. The summed E-state index contributed by atoms with van der Waals surface area (Å²) in [7, 11) is 0. The van der Waals surface area contributed by atoms with Gasteiger partial charge in [-0.1, -0.05) is 20.8 Å². The van der Waals surface area contributed by atoms with Crippen LogP contribution in [0.2, 0.25) is 0 Å². The number of amides is 2. The van der Waals surface area contributed by atoms with Crippen LogP contribution in [0.1, 0.15) is 58.6 Å². The summed E-state index contributed by atoms with van der Waals surface area (Å²) in [5.41, 5.74) is 0.633. The van der Waals surface area contributed by atoms with Gasteiger partial charge in [-0.15, -0.1) is 0 Å². The monoisotopic (exact) mass is 363 g/mol. The molecule has 26 heavy (non-hydrogen) atoms. The molecule has 0 saturated carbocycles. The second kappa shape index (κ2) is 7.78. The zero-order chi connectivity index (χ0) is 18.7. The van der Waals surface area contributed by atoms with E-state index in [1.54, 1.807) is 11.2 Å². The molecule has 1 aromatic heterocycles. The number of piperidine rings is 1. The molecule has 2 amide bonds. The average molecular weight is 363 g/mol. The number of likely N-dealkylation sites (tertiary alicyclic amines) is 1. The Morgan fingerprint density at radius 1 is 1.19 bits per heavy atom. The van der Waals surface area contributed by atoms with Gasteiger partial charge < -0.3 is 14.1 Å². The maximum atomic E-state index is 12.9. The van der Waals surface area contributed by atoms with E-state index in [0.717, 1.165) is 31.4 Å². The van der Waals surface area contributed by atoms with Gasteiger partial charge in [0.05, 0.1) is 5.69 Å². The standard InChI is InChI=1S/C19H29N3O4/c1-19(2,3)15-12-26-18(20-15)21-16(23)14-6-4-5-9-22(14)17(24)13-7-10-25-11-8-13/h12-14H,4-11H2,1-3H3,(H,20,21,23)/t14-/m0/s1. The third-order valence-corrected chi connectivity index (χ3v) is 5.16. The summed E-state index contributed by atoms with van der Waals surface area (Å²) >= 11 is 0. The molecule has 0 spiro atoms. The first kappa shape index (κ1) is 18.9. The number of hydrogen-bond acceptors (Lipinski definition) is 5. The molecule has 0 aromatic carbocycles. The Morgan fingerprint density at radius 3 is 2.58 bits per heavy atom. The zero-order valence-electron chi connectivity index (χ0n) is 15.9. The van der Waals surface area contributed by atoms with Gasteiger partial charge in [-0.2, -0.15) is 4.98 Å². The molecule has 2 aliphatic rings. The Morgan fingerprint density at radius 2 is 1.92 bits per heavy atom. The molecule has 0 radical (unpaired) electrons. The van der Waals surface area contributed by atoms with Crippen molar-refractivity contribution in [1.82, 2.24) is 9.88 Å². The highest BCUT2D eigenvalue weighted by atomic mass is 16.5. The summed E-state index contributed by atoms with van der Waals surface area (Å²) < 4.78 is 10.8. The first-order valence-corrected chi connectivity index (χ1v) is 9.51. The molecule has 1 atom stereocenters. The van der Waals surface area contributed by atoms with E-state index in [1.807, 2.05) is 20.8 Å². The Labute approximate surface area is 154 Å². The maximum absolute atomic E-state index is 12.9. The van der Waals surface area contributed by atoms with Crippen molar-refractivity contribution in [3.63, 3.8) is 0 Å². The molecule has 3 rings (SSSR count). The van der Waals surface area contributed by atoms with Crippen LogP contribution in [0.15, 0.2) is 10.7 Å². The Bertz CT molecular complexity index is 643. The topological polar surface area (TPSA) is 84.7 Å². The average Bonchev–Trinajstić information content (AvgIpc) is 3.11. The third-order valence-electron chi connectivity index (χ3n) is 5.16. The molecular weight excluding hydrogens is 334 g/mol. The van der Waals surface area contributed by atoms with Gasteiger partial charge in [0.1, 0.15) is 12.3 Å². The number of aromatic nitrogens is 1. The molecule has 0 aliphatic carbocycles. The van der Waals surface area contributed by atoms with E-state index in [4.69, 9.17) is 9.15 Å². The van der Waals surface area contributed by atoms with Crippen molar-refractivity contribution in [2.45, 2.75) is 64.3 Å². The molecule has 7 heteroatoms. The van der Waals surface area contributed by atoms with Crippen molar-refractivity contribution in [1.29, 1.82) is 0 Å². The Hall–Kier alpha value is -1.89. The van der Waals surface area contributed by atoms with E-state index < -0.39 is 6.04 Å². The number of oxazole rings is 1. The van der Waals surface area contributed by atoms with Crippen molar-refractivity contribution >= 4 is 17.8 Å². The van der Waals surface area contributed by atoms with Crippen LogP contribution in [-0.2, 0) is 19.7 Å². The highest BCUT2D eigenvalue weighted by Gasteiger charge is 2.36. The van der Waals surface area contributed by atoms with Crippen LogP contribution in [0.25, 0.3) is 0 Å². The molecule has 144 valence electrons. The van der Waals surface area contributed by atoms with Crippen LogP contribution in [0, 0.1) is 5.92 Å². The Kier molecular flexibility index (Phi) is 5.65. The van der Waals surface area contributed by atoms with Gasteiger partial charge in [0.15, 0.2) is 0 Å². The van der Waals surface area contributed by atoms with E-state index in [0.29, 0.717) is 26.2 Å². The number of hydrogen-bond donors (Lipinski definition) is 1. The quantitative estimate of drug-likeness (QED) is 0.892. The fourth-order valence-electron chi connectivity index (χ4n) is 3.51. The van der Waals surface area contributed by atoms with E-state index in [1.165, 1.54) is 0 Å². The predicted octanol–water partition coefficient (Wildman–Crippen LogP) is 2.72. The smallest absolute Gasteiger partial charge is 0.301 e. The lowest BCUT2D eigenvalue weighted by Crippen LogP contribution is -2.52. The lowest BCUT2D eigenvalue weighted by molar-refractivity contribution is -0.146. The molecule has 2 saturated heterocycles. The van der Waals surface area contributed by atoms with Crippen molar-refractivity contribution in [3.8, 4) is 0 Å². The van der Waals surface area contributed by atoms with Crippen LogP contribution >= 0.6 is 0 Å². The lowest BCUT2D eigenvalue weighted by atomic mass is 9.93. The van der Waals surface area contributed by atoms with E-state index in [2.05, 4.69) is 10.3 Å². The summed E-state index contributed by atoms with van der Waals surface area (Å²) in [5, 5.41) is 2.76. The molecule has 2 aliphatic heterocycles. The van der Waals surface area contributed by atoms with Crippen LogP contribution in [-0.4, -0.2) is 47.5 Å². The molecule has 3 heterocycles. The van der Waals surface area contributed by atoms with Gasteiger partial charge in [-0.3, -0.25) is 14.9 Å². The van der Waals surface area contributed by atoms with Gasteiger partial charge in [-0.05, 0) is 32.1 Å². The van der Waals surface area contributed by atoms with E-state index in [-0.39, 0.29) is 29.2 Å². The predicted molar refractivity (Wildman–Crippen MR) is 96.7 cm³/mol. The number of ether oxygens (including phenoxy) is 1. The highest BCUT2D eigenvalue weighted by Crippen LogP contribution is 2.26. The molecule has 0 bridgehead atoms. The summed E-state index contributed by atoms with van der Waals surface area (Å²) in [4.78, 5) is 31.8. The summed E-state index contributed by atoms with van der Waals surface area (Å²) in [6.45, 7) is 7.97. The van der Waals surface area contributed by atoms with Crippen LogP contribution in [0.4, 0.5) is 6.01 Å². The zero-order valence-corrected chi connectivity index (χ0v) is 15.9. The lowest BCUT2D eigenvalue weighted by Gasteiger charge is -2.37. The number of carbonyl (C=O) groups is 2. The first-order valence-electron chi connectivity index (χ1n) is 9.51. The SMILES string of the molecule is CC(C)(C)c1coc(NC(=O)[C@@H]2CCCCN2C(=O)C2CCOCC2)n1. The number of nitrogens with one attached hydrogen (secondary N) is 1. The minimum absolute atomic E-state index is 0.0358. The minimum Gasteiger partial charge on any atom is -0.432 e. The fraction of sp³-hybridized carbons (Fsp3) is 0.737. The van der Waals surface area contributed by atoms with Crippen molar-refractivity contribution in [2.75, 3.05) is 25.1 Å². The summed E-state index contributed by atoms with van der Waals surface area (Å²) in [6, 6.07) is -0.256. The van der Waals surface area contributed by atoms with Gasteiger partial charge >= 0.3 is 6.01 Å². The highest BCUT2D eigenvalue weighted by molar-refractivity contribution is 5.96. The maximum Gasteiger partial charge on any atom is 0.301 e. The number of rotatable bonds is 3. The van der Waals surface area contributed by atoms with E-state index >= 15 is 0 Å². The number of carbonyl (C=O) groups excluding carboxylic acids is 2. The first-order chi connectivity index (χ1) is 12.4. The minimum atomic E-state index is -0.455. The number of nitrogens with zero attached hydrogens (tertiary/aromatic N) is 2. The second-order valence-corrected chi connectivity index (χ2v) is 8.21. The molecular formula is C19H29N3O4. The van der Waals surface area contributed by atoms with Gasteiger partial charge in [0, 0.05) is 31.1 Å². The number of anilines is 1. The fourth-order valence-corrected chi connectivity index (χ4v) is 3.51.